The van der Waals surface area contributed by atoms with Gasteiger partial charge in [-0.2, -0.15) is 0 Å². The van der Waals surface area contributed by atoms with Crippen LogP contribution in [0.4, 0.5) is 17.1 Å². The van der Waals surface area contributed by atoms with Crippen molar-refractivity contribution in [3.05, 3.63) is 162 Å². The molecule has 0 saturated carbocycles. The van der Waals surface area contributed by atoms with Gasteiger partial charge in [-0.05, 0) is 131 Å². The van der Waals surface area contributed by atoms with Crippen molar-refractivity contribution in [2.24, 2.45) is 17.2 Å². The summed E-state index contributed by atoms with van der Waals surface area (Å²) in [5.41, 5.74) is 21.4. The average Bonchev–Trinajstić information content (AvgIpc) is 3.42. The van der Waals surface area contributed by atoms with Crippen LogP contribution in [-0.2, 0) is 14.4 Å². The van der Waals surface area contributed by atoms with Crippen LogP contribution in [0, 0.1) is 0 Å². The predicted molar refractivity (Wildman–Crippen MR) is 282 cm³/mol. The van der Waals surface area contributed by atoms with Gasteiger partial charge in [0.1, 0.15) is 35.2 Å². The molecular weight excluding hydrogens is 966 g/mol. The van der Waals surface area contributed by atoms with Gasteiger partial charge in [0.05, 0.1) is 18.6 Å². The monoisotopic (exact) mass is 1030 g/mol. The number of hydrogen-bond donors (Lipinski definition) is 9. The highest BCUT2D eigenvalue weighted by molar-refractivity contribution is 6.02. The number of nitrogens with two attached hydrogens (primary N) is 3. The molecule has 3 aromatic heterocycles. The summed E-state index contributed by atoms with van der Waals surface area (Å²) in [5, 5.41) is 17.1. The van der Waals surface area contributed by atoms with Crippen LogP contribution < -0.4 is 49.1 Å². The summed E-state index contributed by atoms with van der Waals surface area (Å²) in [7, 11) is 0. The van der Waals surface area contributed by atoms with E-state index in [-0.39, 0.29) is 29.5 Å². The highest BCUT2D eigenvalue weighted by atomic mass is 35.5. The molecule has 74 heavy (non-hydrogen) atoms. The van der Waals surface area contributed by atoms with E-state index in [9.17, 15) is 28.8 Å². The van der Waals surface area contributed by atoms with Crippen molar-refractivity contribution in [1.82, 2.24) is 45.9 Å². The molecule has 0 unspecified atom stereocenters. The van der Waals surface area contributed by atoms with E-state index in [1.807, 2.05) is 36.4 Å². The number of benzene rings is 3. The Morgan fingerprint density at radius 1 is 0.392 bits per heavy atom. The summed E-state index contributed by atoms with van der Waals surface area (Å²) in [6.07, 6.45) is 17.4. The molecule has 0 aliphatic carbocycles. The second-order valence-corrected chi connectivity index (χ2v) is 17.0. The number of unbranched alkanes of at least 4 members (excludes halogenated alkanes) is 3. The standard InChI is InChI=1S/C52H61N15O6.ClH/c53-22-4-1-7-40(65-50(71)43-31-56-25-28-59-43)47(68)62-37-16-10-34(11-17-37)46(35-12-18-38(19-13-35)63-48(69)41(8-2-5-23-54)66-51(72)44-32-57-26-29-60-44)36-14-20-39(21-15-36)64-49(70)42(9-3-6-24-55)67-52(73)45-33-58-27-30-61-45;/h10-21,25-33,40-42,46H,1-9,22-24,53-55H2,(H,62,68)(H,63,69)(H,64,70)(H,65,71)(H,66,72)(H,67,73);1H/t40-,41-,42-;/m1./s1. The van der Waals surface area contributed by atoms with Crippen LogP contribution in [-0.4, -0.2) is 103 Å². The molecule has 21 nitrogen and oxygen atoms in total. The lowest BCUT2D eigenvalue weighted by Crippen LogP contribution is -2.44. The van der Waals surface area contributed by atoms with Gasteiger partial charge in [0.15, 0.2) is 0 Å². The van der Waals surface area contributed by atoms with Crippen LogP contribution in [0.5, 0.6) is 0 Å². The molecule has 3 atom stereocenters. The molecule has 0 aliphatic heterocycles. The molecule has 12 N–H and O–H groups in total. The van der Waals surface area contributed by atoms with Gasteiger partial charge >= 0.3 is 0 Å². The lowest BCUT2D eigenvalue weighted by molar-refractivity contribution is -0.118. The number of amides is 6. The van der Waals surface area contributed by atoms with Crippen LogP contribution in [0.3, 0.4) is 0 Å². The number of nitrogens with zero attached hydrogens (tertiary/aromatic N) is 6. The maximum absolute atomic E-state index is 13.7. The average molecular weight is 1030 g/mol. The Labute approximate surface area is 435 Å². The molecule has 0 aliphatic rings. The Balaban J connectivity index is 0.0000101. The SMILES string of the molecule is Cl.NCCCC[C@@H](NC(=O)c1cnccn1)C(=O)Nc1ccc(C(c2ccc(NC(=O)[C@@H](CCCCN)NC(=O)c3cnccn3)cc2)c2ccc(NC(=O)[C@@H](CCCCN)NC(=O)c3cnccn3)cc2)cc1. The second kappa shape index (κ2) is 30.0. The lowest BCUT2D eigenvalue weighted by atomic mass is 9.85. The zero-order chi connectivity index (χ0) is 51.8. The molecule has 0 spiro atoms. The summed E-state index contributed by atoms with van der Waals surface area (Å²) < 4.78 is 0. The minimum atomic E-state index is -0.877. The number of halogens is 1. The Kier molecular flexibility index (Phi) is 23.1. The number of nitrogens with one attached hydrogen (secondary N) is 6. The van der Waals surface area contributed by atoms with Crippen molar-refractivity contribution in [2.75, 3.05) is 35.6 Å². The fourth-order valence-corrected chi connectivity index (χ4v) is 7.77. The number of carbonyl (C=O) groups excluding carboxylic acids is 6. The minimum Gasteiger partial charge on any atom is -0.339 e. The van der Waals surface area contributed by atoms with E-state index in [4.69, 9.17) is 17.2 Å². The van der Waals surface area contributed by atoms with Gasteiger partial charge in [-0.25, -0.2) is 15.0 Å². The van der Waals surface area contributed by atoms with Crippen molar-refractivity contribution in [3.63, 3.8) is 0 Å². The summed E-state index contributed by atoms with van der Waals surface area (Å²) in [4.78, 5) is 104. The number of hydrogen-bond acceptors (Lipinski definition) is 15. The highest BCUT2D eigenvalue weighted by Crippen LogP contribution is 2.34. The van der Waals surface area contributed by atoms with E-state index in [1.54, 1.807) is 36.4 Å². The predicted octanol–water partition coefficient (Wildman–Crippen LogP) is 4.26. The molecule has 3 aromatic carbocycles. The molecule has 6 rings (SSSR count). The first-order valence-corrected chi connectivity index (χ1v) is 24.1. The van der Waals surface area contributed by atoms with Crippen LogP contribution in [0.25, 0.3) is 0 Å². The Morgan fingerprint density at radius 2 is 0.662 bits per heavy atom. The summed E-state index contributed by atoms with van der Waals surface area (Å²) in [6, 6.07) is 19.3. The fourth-order valence-electron chi connectivity index (χ4n) is 7.77. The topological polar surface area (TPSA) is 330 Å². The van der Waals surface area contributed by atoms with E-state index in [0.29, 0.717) is 94.5 Å². The van der Waals surface area contributed by atoms with Crippen LogP contribution in [0.15, 0.2) is 129 Å². The third kappa shape index (κ3) is 17.3. The molecule has 3 heterocycles. The smallest absolute Gasteiger partial charge is 0.272 e. The Hall–Kier alpha value is -8.11. The molecule has 0 bridgehead atoms. The van der Waals surface area contributed by atoms with E-state index >= 15 is 0 Å². The Bertz CT molecular complexity index is 2410. The fraction of sp³-hybridized carbons (Fsp3) is 0.308. The van der Waals surface area contributed by atoms with E-state index in [0.717, 1.165) is 16.7 Å². The maximum Gasteiger partial charge on any atom is 0.272 e. The zero-order valence-corrected chi connectivity index (χ0v) is 41.5. The molecular formula is C52H62ClN15O6. The van der Waals surface area contributed by atoms with Gasteiger partial charge in [0.2, 0.25) is 17.7 Å². The highest BCUT2D eigenvalue weighted by Gasteiger charge is 2.26. The van der Waals surface area contributed by atoms with E-state index in [2.05, 4.69) is 61.8 Å². The van der Waals surface area contributed by atoms with Gasteiger partial charge in [-0.15, -0.1) is 12.4 Å². The van der Waals surface area contributed by atoms with Crippen LogP contribution >= 0.6 is 12.4 Å². The van der Waals surface area contributed by atoms with Gasteiger partial charge in [-0.1, -0.05) is 36.4 Å². The maximum atomic E-state index is 13.7. The molecule has 6 aromatic rings. The first-order chi connectivity index (χ1) is 35.6. The van der Waals surface area contributed by atoms with Crippen molar-refractivity contribution in [1.29, 1.82) is 0 Å². The first-order valence-electron chi connectivity index (χ1n) is 24.1. The third-order valence-electron chi connectivity index (χ3n) is 11.6. The van der Waals surface area contributed by atoms with Crippen LogP contribution in [0.1, 0.15) is 112 Å². The number of anilines is 3. The minimum absolute atomic E-state index is 0. The van der Waals surface area contributed by atoms with Crippen molar-refractivity contribution in [2.45, 2.75) is 81.8 Å². The molecule has 6 amide bonds. The van der Waals surface area contributed by atoms with Crippen molar-refractivity contribution < 1.29 is 28.8 Å². The van der Waals surface area contributed by atoms with Gasteiger partial charge < -0.3 is 49.1 Å². The molecule has 0 saturated heterocycles. The zero-order valence-electron chi connectivity index (χ0n) is 40.7. The number of aromatic nitrogens is 6. The summed E-state index contributed by atoms with van der Waals surface area (Å²) in [5.74, 6) is -3.25. The van der Waals surface area contributed by atoms with Gasteiger partial charge in [0.25, 0.3) is 17.7 Å². The van der Waals surface area contributed by atoms with Crippen molar-refractivity contribution in [3.8, 4) is 0 Å². The normalized spacial score (nSPS) is 12.0. The molecule has 388 valence electrons. The van der Waals surface area contributed by atoms with E-state index < -0.39 is 59.5 Å². The second-order valence-electron chi connectivity index (χ2n) is 17.0. The largest absolute Gasteiger partial charge is 0.339 e. The Morgan fingerprint density at radius 3 is 0.892 bits per heavy atom. The number of carbonyl (C=O) groups is 6. The van der Waals surface area contributed by atoms with Crippen molar-refractivity contribution >= 4 is 64.9 Å². The quantitative estimate of drug-likeness (QED) is 0.0257. The lowest BCUT2D eigenvalue weighted by Gasteiger charge is -2.22. The molecule has 0 fully saturated rings. The van der Waals surface area contributed by atoms with Gasteiger partial charge in [0, 0.05) is 60.2 Å². The first kappa shape index (κ1) is 56.8. The number of rotatable bonds is 27. The summed E-state index contributed by atoms with van der Waals surface area (Å²) >= 11 is 0. The summed E-state index contributed by atoms with van der Waals surface area (Å²) in [6.45, 7) is 1.31. The van der Waals surface area contributed by atoms with E-state index in [1.165, 1.54) is 55.8 Å². The molecule has 0 radical (unpaired) electrons. The molecule has 22 heteroatoms. The third-order valence-corrected chi connectivity index (χ3v) is 11.6. The van der Waals surface area contributed by atoms with Crippen LogP contribution in [0.2, 0.25) is 0 Å². The van der Waals surface area contributed by atoms with Gasteiger partial charge in [-0.3, -0.25) is 43.7 Å².